The molecule has 1 heterocycles. The molecule has 1 unspecified atom stereocenters. The Hall–Kier alpha value is -0.200. The molecule has 1 aliphatic heterocycles. The number of hydrogen-bond donors (Lipinski definition) is 4. The SMILES string of the molecule is C[C@@H]1O[C@H](O)[C@@H](O)[C@H](O)C1O. The number of rotatable bonds is 0. The second kappa shape index (κ2) is 3.04. The third-order valence-corrected chi connectivity index (χ3v) is 1.83. The molecule has 1 rings (SSSR count). The lowest BCUT2D eigenvalue weighted by molar-refractivity contribution is -0.277. The minimum absolute atomic E-state index is 0.664. The van der Waals surface area contributed by atoms with Gasteiger partial charge in [0.1, 0.15) is 18.3 Å². The van der Waals surface area contributed by atoms with E-state index in [1.807, 2.05) is 0 Å². The van der Waals surface area contributed by atoms with Gasteiger partial charge in [0.25, 0.3) is 0 Å². The van der Waals surface area contributed by atoms with Crippen molar-refractivity contribution in [3.05, 3.63) is 0 Å². The summed E-state index contributed by atoms with van der Waals surface area (Å²) in [7, 11) is 0. The molecule has 0 aromatic carbocycles. The number of hydrogen-bond acceptors (Lipinski definition) is 5. The van der Waals surface area contributed by atoms with E-state index < -0.39 is 30.7 Å². The molecule has 0 spiro atoms. The molecule has 5 nitrogen and oxygen atoms in total. The van der Waals surface area contributed by atoms with Gasteiger partial charge in [0.15, 0.2) is 6.29 Å². The summed E-state index contributed by atoms with van der Waals surface area (Å²) in [5, 5.41) is 36.0. The Morgan fingerprint density at radius 1 is 0.909 bits per heavy atom. The normalized spacial score (nSPS) is 52.6. The molecule has 11 heavy (non-hydrogen) atoms. The maximum absolute atomic E-state index is 9.09. The average Bonchev–Trinajstić information content (AvgIpc) is 1.97. The summed E-state index contributed by atoms with van der Waals surface area (Å²) in [4.78, 5) is 0. The summed E-state index contributed by atoms with van der Waals surface area (Å²) < 4.78 is 4.68. The van der Waals surface area contributed by atoms with Crippen LogP contribution in [0.25, 0.3) is 0 Å². The second-order valence-electron chi connectivity index (χ2n) is 2.70. The van der Waals surface area contributed by atoms with Crippen molar-refractivity contribution in [2.24, 2.45) is 0 Å². The zero-order valence-corrected chi connectivity index (χ0v) is 6.08. The van der Waals surface area contributed by atoms with E-state index in [0.717, 1.165) is 0 Å². The van der Waals surface area contributed by atoms with Gasteiger partial charge in [-0.25, -0.2) is 0 Å². The van der Waals surface area contributed by atoms with Crippen LogP contribution in [-0.2, 0) is 4.74 Å². The Balaban J connectivity index is 2.63. The highest BCUT2D eigenvalue weighted by Crippen LogP contribution is 2.18. The third kappa shape index (κ3) is 1.52. The van der Waals surface area contributed by atoms with Gasteiger partial charge in [-0.3, -0.25) is 0 Å². The summed E-state index contributed by atoms with van der Waals surface area (Å²) in [6.45, 7) is 1.50. The molecule has 0 aromatic heterocycles. The van der Waals surface area contributed by atoms with Crippen molar-refractivity contribution in [2.75, 3.05) is 0 Å². The van der Waals surface area contributed by atoms with Crippen molar-refractivity contribution in [2.45, 2.75) is 37.6 Å². The van der Waals surface area contributed by atoms with Gasteiger partial charge in [-0.15, -0.1) is 0 Å². The summed E-state index contributed by atoms with van der Waals surface area (Å²) in [5.74, 6) is 0. The molecule has 0 amide bonds. The molecule has 0 saturated carbocycles. The zero-order chi connectivity index (χ0) is 8.59. The van der Waals surface area contributed by atoms with E-state index in [1.54, 1.807) is 0 Å². The molecule has 66 valence electrons. The predicted octanol–water partition coefficient (Wildman–Crippen LogP) is -2.19. The van der Waals surface area contributed by atoms with Crippen molar-refractivity contribution >= 4 is 0 Å². The van der Waals surface area contributed by atoms with E-state index in [-0.39, 0.29) is 0 Å². The maximum Gasteiger partial charge on any atom is 0.183 e. The molecule has 5 heteroatoms. The fourth-order valence-electron chi connectivity index (χ4n) is 1.03. The van der Waals surface area contributed by atoms with Crippen LogP contribution in [0.4, 0.5) is 0 Å². The lowest BCUT2D eigenvalue weighted by atomic mass is 10.0. The van der Waals surface area contributed by atoms with E-state index in [1.165, 1.54) is 6.92 Å². The quantitative estimate of drug-likeness (QED) is 0.326. The van der Waals surface area contributed by atoms with Crippen LogP contribution in [0.5, 0.6) is 0 Å². The maximum atomic E-state index is 9.09. The van der Waals surface area contributed by atoms with Gasteiger partial charge in [-0.05, 0) is 6.92 Å². The van der Waals surface area contributed by atoms with Crippen molar-refractivity contribution in [3.8, 4) is 0 Å². The molecular weight excluding hydrogens is 152 g/mol. The molecule has 0 radical (unpaired) electrons. The first-order valence-electron chi connectivity index (χ1n) is 3.41. The molecule has 1 fully saturated rings. The standard InChI is InChI=1S/C6H12O5/c1-2-3(7)4(8)5(9)6(10)11-2/h2-10H,1H3/t2-,3?,4+,5-,6-/m0/s1. The minimum atomic E-state index is -1.43. The Kier molecular flexibility index (Phi) is 2.46. The van der Waals surface area contributed by atoms with Crippen LogP contribution >= 0.6 is 0 Å². The molecular formula is C6H12O5. The van der Waals surface area contributed by atoms with Gasteiger partial charge in [-0.1, -0.05) is 0 Å². The van der Waals surface area contributed by atoms with Crippen molar-refractivity contribution in [3.63, 3.8) is 0 Å². The van der Waals surface area contributed by atoms with E-state index in [2.05, 4.69) is 4.74 Å². The van der Waals surface area contributed by atoms with Crippen LogP contribution in [0.1, 0.15) is 6.92 Å². The summed E-state index contributed by atoms with van der Waals surface area (Å²) in [6, 6.07) is 0. The average molecular weight is 164 g/mol. The Bertz CT molecular complexity index is 125. The number of aliphatic hydroxyl groups excluding tert-OH is 4. The molecule has 5 atom stereocenters. The van der Waals surface area contributed by atoms with Crippen LogP contribution in [-0.4, -0.2) is 51.1 Å². The van der Waals surface area contributed by atoms with Crippen LogP contribution in [0.2, 0.25) is 0 Å². The van der Waals surface area contributed by atoms with Gasteiger partial charge in [0.05, 0.1) is 6.10 Å². The Labute approximate surface area is 63.8 Å². The first kappa shape index (κ1) is 8.89. The van der Waals surface area contributed by atoms with Gasteiger partial charge < -0.3 is 25.2 Å². The summed E-state index contributed by atoms with van der Waals surface area (Å²) in [5.41, 5.74) is 0. The molecule has 0 bridgehead atoms. The minimum Gasteiger partial charge on any atom is -0.388 e. The molecule has 1 saturated heterocycles. The van der Waals surface area contributed by atoms with E-state index in [4.69, 9.17) is 20.4 Å². The summed E-state index contributed by atoms with van der Waals surface area (Å²) in [6.07, 6.45) is -5.99. The third-order valence-electron chi connectivity index (χ3n) is 1.83. The van der Waals surface area contributed by atoms with Crippen LogP contribution in [0.15, 0.2) is 0 Å². The molecule has 4 N–H and O–H groups in total. The highest BCUT2D eigenvalue weighted by atomic mass is 16.6. The topological polar surface area (TPSA) is 90.2 Å². The lowest BCUT2D eigenvalue weighted by Gasteiger charge is -2.36. The van der Waals surface area contributed by atoms with E-state index in [9.17, 15) is 0 Å². The van der Waals surface area contributed by atoms with E-state index >= 15 is 0 Å². The first-order valence-corrected chi connectivity index (χ1v) is 3.41. The molecule has 0 aliphatic carbocycles. The fraction of sp³-hybridized carbons (Fsp3) is 1.00. The van der Waals surface area contributed by atoms with Crippen LogP contribution < -0.4 is 0 Å². The monoisotopic (exact) mass is 164 g/mol. The lowest BCUT2D eigenvalue weighted by Crippen LogP contribution is -2.56. The molecule has 0 aromatic rings. The van der Waals surface area contributed by atoms with Gasteiger partial charge in [0, 0.05) is 0 Å². The predicted molar refractivity (Wildman–Crippen MR) is 34.6 cm³/mol. The Morgan fingerprint density at radius 2 is 1.45 bits per heavy atom. The zero-order valence-electron chi connectivity index (χ0n) is 6.08. The first-order chi connectivity index (χ1) is 5.04. The Morgan fingerprint density at radius 3 is 2.00 bits per heavy atom. The van der Waals surface area contributed by atoms with Gasteiger partial charge in [0.2, 0.25) is 0 Å². The molecule has 1 aliphatic rings. The van der Waals surface area contributed by atoms with Crippen molar-refractivity contribution in [1.82, 2.24) is 0 Å². The van der Waals surface area contributed by atoms with Crippen molar-refractivity contribution < 1.29 is 25.2 Å². The highest BCUT2D eigenvalue weighted by Gasteiger charge is 2.40. The number of ether oxygens (including phenoxy) is 1. The van der Waals surface area contributed by atoms with Crippen LogP contribution in [0.3, 0.4) is 0 Å². The largest absolute Gasteiger partial charge is 0.388 e. The fourth-order valence-corrected chi connectivity index (χ4v) is 1.03. The smallest absolute Gasteiger partial charge is 0.183 e. The highest BCUT2D eigenvalue weighted by molar-refractivity contribution is 4.86. The number of aliphatic hydroxyl groups is 4. The van der Waals surface area contributed by atoms with Crippen LogP contribution in [0, 0.1) is 0 Å². The van der Waals surface area contributed by atoms with Crippen molar-refractivity contribution in [1.29, 1.82) is 0 Å². The van der Waals surface area contributed by atoms with Gasteiger partial charge in [-0.2, -0.15) is 0 Å². The van der Waals surface area contributed by atoms with E-state index in [0.29, 0.717) is 0 Å². The van der Waals surface area contributed by atoms with Gasteiger partial charge >= 0.3 is 0 Å². The summed E-state index contributed by atoms with van der Waals surface area (Å²) >= 11 is 0. The second-order valence-corrected chi connectivity index (χ2v) is 2.70.